The fourth-order valence-electron chi connectivity index (χ4n) is 3.22. The van der Waals surface area contributed by atoms with Crippen LogP contribution >= 0.6 is 0 Å². The minimum atomic E-state index is -1.14. The highest BCUT2D eigenvalue weighted by atomic mass is 19.2. The molecule has 202 valence electrons. The van der Waals surface area contributed by atoms with E-state index >= 15 is 0 Å². The molecule has 0 rings (SSSR count). The van der Waals surface area contributed by atoms with Crippen molar-refractivity contribution in [3.05, 3.63) is 133 Å². The maximum atomic E-state index is 14.9. The van der Waals surface area contributed by atoms with Gasteiger partial charge in [0.15, 0.2) is 11.7 Å². The van der Waals surface area contributed by atoms with Crippen LogP contribution in [0.15, 0.2) is 133 Å². The zero-order valence-corrected chi connectivity index (χ0v) is 23.5. The van der Waals surface area contributed by atoms with Crippen LogP contribution in [0.25, 0.3) is 0 Å². The van der Waals surface area contributed by atoms with Crippen LogP contribution in [-0.4, -0.2) is 0 Å². The van der Waals surface area contributed by atoms with Gasteiger partial charge in [0, 0.05) is 11.1 Å². The Morgan fingerprint density at radius 3 is 1.84 bits per heavy atom. The van der Waals surface area contributed by atoms with Gasteiger partial charge in [-0.3, -0.25) is 0 Å². The third-order valence-electron chi connectivity index (χ3n) is 6.48. The molecule has 37 heavy (non-hydrogen) atoms. The number of hydrogen-bond donors (Lipinski definition) is 0. The van der Waals surface area contributed by atoms with Crippen molar-refractivity contribution in [2.45, 2.75) is 60.3 Å². The van der Waals surface area contributed by atoms with Gasteiger partial charge in [-0.2, -0.15) is 0 Å². The first-order valence-electron chi connectivity index (χ1n) is 12.7. The fraction of sp³-hybridized carbons (Fsp3) is 0.353. The van der Waals surface area contributed by atoms with E-state index in [1.807, 2.05) is 13.0 Å². The largest absolute Gasteiger partial charge is 0.206 e. The molecule has 2 unspecified atom stereocenters. The van der Waals surface area contributed by atoms with Crippen LogP contribution in [0.3, 0.4) is 0 Å². The summed E-state index contributed by atoms with van der Waals surface area (Å²) in [5.41, 5.74) is 1.64. The van der Waals surface area contributed by atoms with Crippen LogP contribution in [0.2, 0.25) is 0 Å². The molecule has 0 aromatic carbocycles. The van der Waals surface area contributed by atoms with E-state index in [4.69, 9.17) is 0 Å². The molecule has 0 aliphatic rings. The van der Waals surface area contributed by atoms with Gasteiger partial charge in [-0.05, 0) is 71.5 Å². The average Bonchev–Trinajstić information content (AvgIpc) is 2.86. The van der Waals surface area contributed by atoms with E-state index < -0.39 is 17.5 Å². The van der Waals surface area contributed by atoms with Crippen molar-refractivity contribution in [2.24, 2.45) is 17.8 Å². The summed E-state index contributed by atoms with van der Waals surface area (Å²) in [6, 6.07) is 0. The second kappa shape index (κ2) is 16.6. The summed E-state index contributed by atoms with van der Waals surface area (Å²) in [6.45, 7) is 36.6. The lowest BCUT2D eigenvalue weighted by atomic mass is 9.86. The van der Waals surface area contributed by atoms with Gasteiger partial charge in [-0.1, -0.05) is 104 Å². The van der Waals surface area contributed by atoms with E-state index in [-0.39, 0.29) is 23.1 Å². The van der Waals surface area contributed by atoms with Crippen molar-refractivity contribution >= 4 is 0 Å². The quantitative estimate of drug-likeness (QED) is 0.135. The molecule has 2 atom stereocenters. The summed E-state index contributed by atoms with van der Waals surface area (Å²) in [7, 11) is 0. The van der Waals surface area contributed by atoms with Gasteiger partial charge >= 0.3 is 0 Å². The van der Waals surface area contributed by atoms with Crippen LogP contribution in [0.5, 0.6) is 0 Å². The Labute approximate surface area is 224 Å². The molecule has 0 aromatic heterocycles. The molecule has 3 heteroatoms. The zero-order chi connectivity index (χ0) is 28.9. The minimum absolute atomic E-state index is 0.0384. The van der Waals surface area contributed by atoms with Crippen molar-refractivity contribution < 1.29 is 13.2 Å². The number of rotatable bonds is 17. The smallest absolute Gasteiger partial charge is 0.166 e. The molecule has 0 nitrogen and oxygen atoms in total. The third-order valence-corrected chi connectivity index (χ3v) is 6.48. The first kappa shape index (κ1) is 33.9. The van der Waals surface area contributed by atoms with Crippen LogP contribution in [0.1, 0.15) is 60.3 Å². The van der Waals surface area contributed by atoms with Crippen molar-refractivity contribution in [1.29, 1.82) is 0 Å². The molecule has 0 aliphatic carbocycles. The first-order valence-corrected chi connectivity index (χ1v) is 12.7. The zero-order valence-electron chi connectivity index (χ0n) is 23.5. The molecule has 0 N–H and O–H groups in total. The Bertz CT molecular complexity index is 1040. The maximum absolute atomic E-state index is 14.9. The highest BCUT2D eigenvalue weighted by Gasteiger charge is 2.15. The normalized spacial score (nSPS) is 14.7. The SMILES string of the molecule is C=CCC(=C)/C(F)=C(/F)C(=C)C(=C)/C=C\C(=C)C(=C)/C=C(/F)C(=C)/C(C)=C/CC(C)C(C)CCC(C)C. The van der Waals surface area contributed by atoms with E-state index in [9.17, 15) is 13.2 Å². The van der Waals surface area contributed by atoms with E-state index in [1.165, 1.54) is 37.1 Å². The number of halogens is 3. The lowest BCUT2D eigenvalue weighted by molar-refractivity contribution is 0.339. The summed E-state index contributed by atoms with van der Waals surface area (Å²) in [6.07, 6.45) is 11.0. The maximum Gasteiger partial charge on any atom is 0.166 e. The van der Waals surface area contributed by atoms with Crippen molar-refractivity contribution in [3.8, 4) is 0 Å². The van der Waals surface area contributed by atoms with Gasteiger partial charge < -0.3 is 0 Å². The predicted octanol–water partition coefficient (Wildman–Crippen LogP) is 11.5. The molecular formula is C34H45F3. The van der Waals surface area contributed by atoms with Gasteiger partial charge in [-0.25, -0.2) is 13.2 Å². The third kappa shape index (κ3) is 12.1. The van der Waals surface area contributed by atoms with E-state index in [2.05, 4.69) is 73.7 Å². The molecule has 0 saturated carbocycles. The summed E-state index contributed by atoms with van der Waals surface area (Å²) >= 11 is 0. The average molecular weight is 511 g/mol. The molecule has 0 aromatic rings. The second-order valence-electron chi connectivity index (χ2n) is 10.1. The predicted molar refractivity (Wildman–Crippen MR) is 158 cm³/mol. The van der Waals surface area contributed by atoms with Gasteiger partial charge in [0.1, 0.15) is 5.83 Å². The molecule has 0 spiro atoms. The highest BCUT2D eigenvalue weighted by Crippen LogP contribution is 2.29. The second-order valence-corrected chi connectivity index (χ2v) is 10.1. The molecule has 0 saturated heterocycles. The topological polar surface area (TPSA) is 0 Å². The summed E-state index contributed by atoms with van der Waals surface area (Å²) in [5, 5.41) is 0. The summed E-state index contributed by atoms with van der Waals surface area (Å²) in [5.74, 6) is -0.965. The van der Waals surface area contributed by atoms with Crippen molar-refractivity contribution in [3.63, 3.8) is 0 Å². The van der Waals surface area contributed by atoms with E-state index in [0.29, 0.717) is 34.5 Å². The summed E-state index contributed by atoms with van der Waals surface area (Å²) < 4.78 is 43.4. The Balaban J connectivity index is 5.21. The van der Waals surface area contributed by atoms with Crippen molar-refractivity contribution in [2.75, 3.05) is 0 Å². The first-order chi connectivity index (χ1) is 17.1. The van der Waals surface area contributed by atoms with E-state index in [1.54, 1.807) is 0 Å². The number of allylic oxidation sites excluding steroid dienone is 15. The highest BCUT2D eigenvalue weighted by molar-refractivity contribution is 5.54. The minimum Gasteiger partial charge on any atom is -0.206 e. The molecule has 0 amide bonds. The fourth-order valence-corrected chi connectivity index (χ4v) is 3.22. The van der Waals surface area contributed by atoms with Gasteiger partial charge in [-0.15, -0.1) is 6.58 Å². The molecule has 0 radical (unpaired) electrons. The van der Waals surface area contributed by atoms with Crippen LogP contribution < -0.4 is 0 Å². The van der Waals surface area contributed by atoms with Gasteiger partial charge in [0.25, 0.3) is 0 Å². The van der Waals surface area contributed by atoms with E-state index in [0.717, 1.165) is 12.0 Å². The molecule has 0 aliphatic heterocycles. The standard InChI is InChI=1S/C34H45F3/c1-13-14-28(9)33(36)34(37)31(12)27(8)20-18-25(6)29(10)21-32(35)30(11)26(7)19-17-24(5)23(4)16-15-22(2)3/h13,18-24H,1,6,8-12,14-17H2,2-5,7H3/b20-18-,26-19+,32-21+,34-33-. The molecule has 0 bridgehead atoms. The Morgan fingerprint density at radius 1 is 0.730 bits per heavy atom. The lowest BCUT2D eigenvalue weighted by Crippen LogP contribution is -2.08. The molecule has 0 fully saturated rings. The summed E-state index contributed by atoms with van der Waals surface area (Å²) in [4.78, 5) is 0. The van der Waals surface area contributed by atoms with Crippen LogP contribution in [0, 0.1) is 17.8 Å². The van der Waals surface area contributed by atoms with Crippen molar-refractivity contribution in [1.82, 2.24) is 0 Å². The molecular weight excluding hydrogens is 465 g/mol. The lowest BCUT2D eigenvalue weighted by Gasteiger charge is -2.20. The van der Waals surface area contributed by atoms with Gasteiger partial charge in [0.2, 0.25) is 0 Å². The van der Waals surface area contributed by atoms with Gasteiger partial charge in [0.05, 0.1) is 0 Å². The Kier molecular flexibility index (Phi) is 15.3. The Hall–Kier alpha value is -3.07. The van der Waals surface area contributed by atoms with Crippen LogP contribution in [0.4, 0.5) is 13.2 Å². The monoisotopic (exact) mass is 510 g/mol. The molecule has 0 heterocycles. The number of hydrogen-bond acceptors (Lipinski definition) is 0. The Morgan fingerprint density at radius 2 is 1.30 bits per heavy atom. The van der Waals surface area contributed by atoms with Crippen LogP contribution in [-0.2, 0) is 0 Å².